The van der Waals surface area contributed by atoms with E-state index in [4.69, 9.17) is 0 Å². The van der Waals surface area contributed by atoms with Gasteiger partial charge in [-0.2, -0.15) is 0 Å². The first-order valence-corrected chi connectivity index (χ1v) is 8.00. The molecule has 0 aromatic heterocycles. The average Bonchev–Trinajstić information content (AvgIpc) is 2.56. The molecule has 24 heavy (non-hydrogen) atoms. The Bertz CT molecular complexity index is 612. The van der Waals surface area contributed by atoms with Crippen molar-refractivity contribution in [2.24, 2.45) is 0 Å². The zero-order chi connectivity index (χ0) is 17.5. The first-order valence-electron chi connectivity index (χ1n) is 8.00. The van der Waals surface area contributed by atoms with Crippen LogP contribution in [0.3, 0.4) is 0 Å². The highest BCUT2D eigenvalue weighted by molar-refractivity contribution is 5.80. The topological polar surface area (TPSA) is 95.8 Å². The molecule has 0 bridgehead atoms. The highest BCUT2D eigenvalue weighted by Gasteiger charge is 2.24. The largest absolute Gasteiger partial charge is 0.355 e. The quantitative estimate of drug-likeness (QED) is 0.601. The summed E-state index contributed by atoms with van der Waals surface area (Å²) in [6.45, 7) is 5.11. The molecule has 1 N–H and O–H groups in total. The molecule has 1 saturated heterocycles. The lowest BCUT2D eigenvalue weighted by atomic mass is 10.1. The Balaban J connectivity index is 1.87. The minimum Gasteiger partial charge on any atom is -0.355 e. The molecule has 2 amide bonds. The third-order valence-electron chi connectivity index (χ3n) is 4.00. The van der Waals surface area contributed by atoms with E-state index < -0.39 is 4.92 Å². The van der Waals surface area contributed by atoms with Crippen LogP contribution in [0.1, 0.15) is 12.5 Å². The summed E-state index contributed by atoms with van der Waals surface area (Å²) in [5.41, 5.74) is 0.401. The number of rotatable bonds is 6. The summed E-state index contributed by atoms with van der Waals surface area (Å²) in [5.74, 6) is -0.140. The molecule has 1 heterocycles. The Labute approximate surface area is 140 Å². The van der Waals surface area contributed by atoms with Gasteiger partial charge >= 0.3 is 0 Å². The van der Waals surface area contributed by atoms with E-state index in [9.17, 15) is 19.7 Å². The minimum absolute atomic E-state index is 0.0165. The van der Waals surface area contributed by atoms with Gasteiger partial charge in [-0.3, -0.25) is 24.6 Å². The second-order valence-electron chi connectivity index (χ2n) is 5.67. The lowest BCUT2D eigenvalue weighted by Crippen LogP contribution is -2.51. The number of para-hydroxylation sites is 1. The van der Waals surface area contributed by atoms with Gasteiger partial charge in [0.2, 0.25) is 11.8 Å². The summed E-state index contributed by atoms with van der Waals surface area (Å²) in [6.07, 6.45) is 0.0213. The maximum absolute atomic E-state index is 12.4. The average molecular weight is 334 g/mol. The fraction of sp³-hybridized carbons (Fsp3) is 0.500. The Morgan fingerprint density at radius 1 is 1.21 bits per heavy atom. The lowest BCUT2D eigenvalue weighted by molar-refractivity contribution is -0.385. The van der Waals surface area contributed by atoms with Crippen LogP contribution in [0.15, 0.2) is 24.3 Å². The third kappa shape index (κ3) is 4.76. The Morgan fingerprint density at radius 2 is 1.88 bits per heavy atom. The predicted molar refractivity (Wildman–Crippen MR) is 88.5 cm³/mol. The zero-order valence-corrected chi connectivity index (χ0v) is 13.7. The van der Waals surface area contributed by atoms with Crippen LogP contribution in [0.25, 0.3) is 0 Å². The van der Waals surface area contributed by atoms with Crippen molar-refractivity contribution in [3.05, 3.63) is 39.9 Å². The molecule has 8 nitrogen and oxygen atoms in total. The van der Waals surface area contributed by atoms with Crippen LogP contribution in [-0.2, 0) is 16.0 Å². The highest BCUT2D eigenvalue weighted by atomic mass is 16.6. The van der Waals surface area contributed by atoms with Gasteiger partial charge in [-0.1, -0.05) is 18.2 Å². The van der Waals surface area contributed by atoms with E-state index in [1.165, 1.54) is 6.07 Å². The summed E-state index contributed by atoms with van der Waals surface area (Å²) >= 11 is 0. The normalized spacial score (nSPS) is 15.1. The van der Waals surface area contributed by atoms with Gasteiger partial charge in [-0.05, 0) is 6.92 Å². The number of hydrogen-bond donors (Lipinski definition) is 1. The molecule has 0 radical (unpaired) electrons. The molecule has 0 spiro atoms. The lowest BCUT2D eigenvalue weighted by Gasteiger charge is -2.34. The number of amides is 2. The summed E-state index contributed by atoms with van der Waals surface area (Å²) in [6, 6.07) is 6.31. The predicted octanol–water partition coefficient (Wildman–Crippen LogP) is 0.418. The number of nitrogens with one attached hydrogen (secondary N) is 1. The standard InChI is InChI=1S/C16H22N4O4/c1-2-17-15(21)12-18-7-9-19(10-8-18)16(22)11-13-5-3-4-6-14(13)20(23)24/h3-6H,2,7-12H2,1H3,(H,17,21). The number of piperazine rings is 1. The molecule has 0 unspecified atom stereocenters. The van der Waals surface area contributed by atoms with Gasteiger partial charge in [-0.15, -0.1) is 0 Å². The van der Waals surface area contributed by atoms with Gasteiger partial charge in [0.1, 0.15) is 0 Å². The molecule has 1 fully saturated rings. The number of hydrogen-bond acceptors (Lipinski definition) is 5. The van der Waals surface area contributed by atoms with E-state index >= 15 is 0 Å². The maximum Gasteiger partial charge on any atom is 0.273 e. The van der Waals surface area contributed by atoms with Crippen molar-refractivity contribution in [3.8, 4) is 0 Å². The Morgan fingerprint density at radius 3 is 2.50 bits per heavy atom. The van der Waals surface area contributed by atoms with Gasteiger partial charge in [0.25, 0.3) is 5.69 Å². The SMILES string of the molecule is CCNC(=O)CN1CCN(C(=O)Cc2ccccc2[N+](=O)[O-])CC1. The van der Waals surface area contributed by atoms with Gasteiger partial charge in [0.05, 0.1) is 17.9 Å². The van der Waals surface area contributed by atoms with Crippen molar-refractivity contribution >= 4 is 17.5 Å². The molecule has 2 rings (SSSR count). The van der Waals surface area contributed by atoms with Gasteiger partial charge < -0.3 is 10.2 Å². The van der Waals surface area contributed by atoms with Crippen LogP contribution in [0, 0.1) is 10.1 Å². The molecule has 0 saturated carbocycles. The smallest absolute Gasteiger partial charge is 0.273 e. The van der Waals surface area contributed by atoms with Crippen molar-refractivity contribution < 1.29 is 14.5 Å². The summed E-state index contributed by atoms with van der Waals surface area (Å²) in [7, 11) is 0. The van der Waals surface area contributed by atoms with Crippen LogP contribution < -0.4 is 5.32 Å². The first kappa shape index (κ1) is 17.9. The molecule has 1 aliphatic rings. The molecule has 130 valence electrons. The summed E-state index contributed by atoms with van der Waals surface area (Å²) in [5, 5.41) is 13.8. The molecular formula is C16H22N4O4. The number of carbonyl (C=O) groups excluding carboxylic acids is 2. The number of likely N-dealkylation sites (N-methyl/N-ethyl adjacent to an activating group) is 1. The zero-order valence-electron chi connectivity index (χ0n) is 13.7. The second-order valence-corrected chi connectivity index (χ2v) is 5.67. The van der Waals surface area contributed by atoms with E-state index in [-0.39, 0.29) is 23.9 Å². The van der Waals surface area contributed by atoms with Crippen molar-refractivity contribution in [1.29, 1.82) is 0 Å². The second kappa shape index (κ2) is 8.39. The summed E-state index contributed by atoms with van der Waals surface area (Å²) in [4.78, 5) is 38.2. The van der Waals surface area contributed by atoms with Crippen molar-refractivity contribution in [2.45, 2.75) is 13.3 Å². The highest BCUT2D eigenvalue weighted by Crippen LogP contribution is 2.19. The van der Waals surface area contributed by atoms with E-state index in [1.54, 1.807) is 23.1 Å². The van der Waals surface area contributed by atoms with Gasteiger partial charge in [-0.25, -0.2) is 0 Å². The van der Waals surface area contributed by atoms with Crippen LogP contribution >= 0.6 is 0 Å². The van der Waals surface area contributed by atoms with Crippen molar-refractivity contribution in [2.75, 3.05) is 39.3 Å². The van der Waals surface area contributed by atoms with E-state index in [1.807, 2.05) is 11.8 Å². The molecular weight excluding hydrogens is 312 g/mol. The fourth-order valence-electron chi connectivity index (χ4n) is 2.72. The van der Waals surface area contributed by atoms with E-state index in [0.29, 0.717) is 44.8 Å². The van der Waals surface area contributed by atoms with Gasteiger partial charge in [0, 0.05) is 44.4 Å². The van der Waals surface area contributed by atoms with Crippen molar-refractivity contribution in [1.82, 2.24) is 15.1 Å². The maximum atomic E-state index is 12.4. The molecule has 1 aliphatic heterocycles. The molecule has 0 atom stereocenters. The summed E-state index contributed by atoms with van der Waals surface area (Å²) < 4.78 is 0. The number of benzene rings is 1. The minimum atomic E-state index is -0.465. The van der Waals surface area contributed by atoms with Gasteiger partial charge in [0.15, 0.2) is 0 Å². The fourth-order valence-corrected chi connectivity index (χ4v) is 2.72. The van der Waals surface area contributed by atoms with E-state index in [0.717, 1.165) is 0 Å². The molecule has 0 aliphatic carbocycles. The Hall–Kier alpha value is -2.48. The van der Waals surface area contributed by atoms with Crippen molar-refractivity contribution in [3.63, 3.8) is 0 Å². The third-order valence-corrected chi connectivity index (χ3v) is 4.00. The number of carbonyl (C=O) groups is 2. The van der Waals surface area contributed by atoms with Crippen LogP contribution in [-0.4, -0.2) is 65.8 Å². The number of nitro groups is 1. The molecule has 1 aromatic rings. The van der Waals surface area contributed by atoms with Crippen LogP contribution in [0.2, 0.25) is 0 Å². The first-order chi connectivity index (χ1) is 11.5. The van der Waals surface area contributed by atoms with Crippen LogP contribution in [0.4, 0.5) is 5.69 Å². The molecule has 1 aromatic carbocycles. The number of nitrogens with zero attached hydrogens (tertiary/aromatic N) is 3. The van der Waals surface area contributed by atoms with E-state index in [2.05, 4.69) is 5.32 Å². The monoisotopic (exact) mass is 334 g/mol. The Kier molecular flexibility index (Phi) is 6.25. The van der Waals surface area contributed by atoms with Crippen LogP contribution in [0.5, 0.6) is 0 Å². The molecule has 8 heteroatoms. The number of nitro benzene ring substituents is 1.